The molecule has 3 atom stereocenters. The number of hydrogen-bond acceptors (Lipinski definition) is 4. The number of hydrogen-bond donors (Lipinski definition) is 0. The molecule has 6 heteroatoms. The van der Waals surface area contributed by atoms with Gasteiger partial charge in [-0.15, -0.1) is 0 Å². The van der Waals surface area contributed by atoms with Gasteiger partial charge in [0.15, 0.2) is 0 Å². The molecule has 4 heterocycles. The normalized spacial score (nSPS) is 23.1. The van der Waals surface area contributed by atoms with Crippen LogP contribution in [0.5, 0.6) is 0 Å². The molecule has 3 aromatic rings. The summed E-state index contributed by atoms with van der Waals surface area (Å²) in [6, 6.07) is 14.7. The lowest BCUT2D eigenvalue weighted by molar-refractivity contribution is 0.159. The zero-order valence-electron chi connectivity index (χ0n) is 17.7. The molecule has 2 aliphatic heterocycles. The van der Waals surface area contributed by atoms with Gasteiger partial charge in [0.1, 0.15) is 5.82 Å². The minimum Gasteiger partial charge on any atom is -0.355 e. The van der Waals surface area contributed by atoms with E-state index >= 15 is 0 Å². The van der Waals surface area contributed by atoms with Crippen molar-refractivity contribution in [2.24, 2.45) is 11.8 Å². The second kappa shape index (κ2) is 7.27. The quantitative estimate of drug-likeness (QED) is 0.657. The summed E-state index contributed by atoms with van der Waals surface area (Å²) in [5, 5.41) is 1.09. The van der Waals surface area contributed by atoms with Gasteiger partial charge in [0.2, 0.25) is 0 Å². The average molecular weight is 402 g/mol. The fourth-order valence-electron chi connectivity index (χ4n) is 5.23. The Hall–Kier alpha value is -3.15. The number of rotatable bonds is 2. The molecule has 154 valence electrons. The van der Waals surface area contributed by atoms with Crippen molar-refractivity contribution in [3.8, 4) is 0 Å². The lowest BCUT2D eigenvalue weighted by Gasteiger charge is -2.33. The molecule has 5 rings (SSSR count). The first-order valence-electron chi connectivity index (χ1n) is 10.5. The molecule has 0 saturated carbocycles. The molecule has 0 bridgehead atoms. The van der Waals surface area contributed by atoms with E-state index in [4.69, 9.17) is 4.98 Å². The Labute approximate surface area is 177 Å². The van der Waals surface area contributed by atoms with Crippen LogP contribution in [0.15, 0.2) is 54.9 Å². The van der Waals surface area contributed by atoms with Crippen molar-refractivity contribution in [2.45, 2.75) is 13.0 Å². The molecule has 0 spiro atoms. The van der Waals surface area contributed by atoms with Gasteiger partial charge < -0.3 is 14.7 Å². The van der Waals surface area contributed by atoms with Gasteiger partial charge in [0, 0.05) is 63.3 Å². The molecule has 6 nitrogen and oxygen atoms in total. The van der Waals surface area contributed by atoms with Crippen molar-refractivity contribution in [3.05, 3.63) is 66.0 Å². The summed E-state index contributed by atoms with van der Waals surface area (Å²) in [6.45, 7) is 4.72. The number of urea groups is 1. The van der Waals surface area contributed by atoms with E-state index in [1.54, 1.807) is 4.90 Å². The van der Waals surface area contributed by atoms with Crippen LogP contribution >= 0.6 is 0 Å². The topological polar surface area (TPSA) is 52.6 Å². The first-order valence-corrected chi connectivity index (χ1v) is 10.5. The van der Waals surface area contributed by atoms with Crippen molar-refractivity contribution in [3.63, 3.8) is 0 Å². The van der Waals surface area contributed by atoms with E-state index in [-0.39, 0.29) is 12.1 Å². The Morgan fingerprint density at radius 2 is 1.83 bits per heavy atom. The summed E-state index contributed by atoms with van der Waals surface area (Å²) >= 11 is 0. The number of aryl methyl sites for hydroxylation is 1. The number of likely N-dealkylation sites (tertiary alicyclic amines) is 1. The molecule has 0 unspecified atom stereocenters. The third-order valence-electron chi connectivity index (χ3n) is 6.61. The summed E-state index contributed by atoms with van der Waals surface area (Å²) in [4.78, 5) is 28.4. The molecule has 30 heavy (non-hydrogen) atoms. The van der Waals surface area contributed by atoms with E-state index < -0.39 is 0 Å². The maximum atomic E-state index is 13.0. The van der Waals surface area contributed by atoms with Crippen molar-refractivity contribution >= 4 is 22.8 Å². The number of carbonyl (C=O) groups excluding carboxylic acids is 1. The van der Waals surface area contributed by atoms with Gasteiger partial charge in [-0.1, -0.05) is 24.3 Å². The number of amides is 2. The molecular weight excluding hydrogens is 374 g/mol. The van der Waals surface area contributed by atoms with E-state index in [0.29, 0.717) is 11.8 Å². The van der Waals surface area contributed by atoms with Gasteiger partial charge >= 0.3 is 6.03 Å². The Morgan fingerprint density at radius 1 is 1.00 bits per heavy atom. The van der Waals surface area contributed by atoms with Crippen LogP contribution in [0, 0.1) is 18.8 Å². The van der Waals surface area contributed by atoms with E-state index in [1.807, 2.05) is 38.6 Å². The standard InChI is InChI=1S/C24H27N5O/c1-16-7-4-5-8-18(16)22-20-15-28(13-17(20)14-29(22)24(30)27(2)3)23-19-9-6-11-25-21(19)10-12-26-23/h4-12,17,20,22H,13-15H2,1-3H3/t17-,20-,22+/m1/s1. The lowest BCUT2D eigenvalue weighted by atomic mass is 9.88. The summed E-state index contributed by atoms with van der Waals surface area (Å²) in [5.74, 6) is 1.81. The highest BCUT2D eigenvalue weighted by Gasteiger charge is 2.50. The first-order chi connectivity index (χ1) is 14.5. The summed E-state index contributed by atoms with van der Waals surface area (Å²) in [5.41, 5.74) is 3.47. The molecule has 0 aliphatic carbocycles. The molecule has 1 aromatic carbocycles. The van der Waals surface area contributed by atoms with Gasteiger partial charge in [-0.2, -0.15) is 0 Å². The van der Waals surface area contributed by atoms with E-state index in [1.165, 1.54) is 11.1 Å². The molecule has 2 aromatic heterocycles. The maximum absolute atomic E-state index is 13.0. The summed E-state index contributed by atoms with van der Waals surface area (Å²) in [6.07, 6.45) is 3.67. The van der Waals surface area contributed by atoms with E-state index in [2.05, 4.69) is 52.0 Å². The van der Waals surface area contributed by atoms with Crippen LogP contribution < -0.4 is 4.90 Å². The Kier molecular flexibility index (Phi) is 4.57. The summed E-state index contributed by atoms with van der Waals surface area (Å²) in [7, 11) is 3.68. The van der Waals surface area contributed by atoms with E-state index in [9.17, 15) is 4.79 Å². The Morgan fingerprint density at radius 3 is 2.63 bits per heavy atom. The highest BCUT2D eigenvalue weighted by Crippen LogP contribution is 2.47. The number of nitrogens with zero attached hydrogens (tertiary/aromatic N) is 5. The molecule has 2 amide bonds. The number of fused-ring (bicyclic) bond motifs is 2. The minimum absolute atomic E-state index is 0.0872. The predicted molar refractivity (Wildman–Crippen MR) is 118 cm³/mol. The van der Waals surface area contributed by atoms with Gasteiger partial charge in [-0.25, -0.2) is 9.78 Å². The predicted octanol–water partition coefficient (Wildman–Crippen LogP) is 3.73. The van der Waals surface area contributed by atoms with Gasteiger partial charge in [0.25, 0.3) is 0 Å². The fourth-order valence-corrected chi connectivity index (χ4v) is 5.23. The largest absolute Gasteiger partial charge is 0.355 e. The van der Waals surface area contributed by atoms with Gasteiger partial charge in [-0.3, -0.25) is 4.98 Å². The van der Waals surface area contributed by atoms with Gasteiger partial charge in [-0.05, 0) is 36.2 Å². The third kappa shape index (κ3) is 2.98. The molecule has 2 saturated heterocycles. The highest BCUT2D eigenvalue weighted by atomic mass is 16.2. The average Bonchev–Trinajstić information content (AvgIpc) is 3.31. The number of benzene rings is 1. The maximum Gasteiger partial charge on any atom is 0.320 e. The highest BCUT2D eigenvalue weighted by molar-refractivity contribution is 5.89. The summed E-state index contributed by atoms with van der Waals surface area (Å²) < 4.78 is 0. The van der Waals surface area contributed by atoms with Crippen LogP contribution in [0.3, 0.4) is 0 Å². The second-order valence-electron chi connectivity index (χ2n) is 8.66. The zero-order valence-corrected chi connectivity index (χ0v) is 17.7. The van der Waals surface area contributed by atoms with Crippen LogP contribution in [0.4, 0.5) is 10.6 Å². The monoisotopic (exact) mass is 401 g/mol. The van der Waals surface area contributed by atoms with Crippen LogP contribution in [-0.4, -0.2) is 59.5 Å². The minimum atomic E-state index is 0.0872. The number of aromatic nitrogens is 2. The van der Waals surface area contributed by atoms with Crippen LogP contribution in [0.2, 0.25) is 0 Å². The lowest BCUT2D eigenvalue weighted by Crippen LogP contribution is -2.41. The van der Waals surface area contributed by atoms with Gasteiger partial charge in [0.05, 0.1) is 11.6 Å². The van der Waals surface area contributed by atoms with Crippen LogP contribution in [-0.2, 0) is 0 Å². The molecule has 0 N–H and O–H groups in total. The first kappa shape index (κ1) is 18.9. The Balaban J connectivity index is 1.51. The Bertz CT molecular complexity index is 1090. The smallest absolute Gasteiger partial charge is 0.320 e. The van der Waals surface area contributed by atoms with Crippen LogP contribution in [0.25, 0.3) is 10.9 Å². The molecule has 2 aliphatic rings. The third-order valence-corrected chi connectivity index (χ3v) is 6.61. The SMILES string of the molecule is Cc1ccccc1[C@H]1[C@@H]2CN(c3nccc4ncccc34)C[C@@H]2CN1C(=O)N(C)C. The number of pyridine rings is 2. The second-order valence-corrected chi connectivity index (χ2v) is 8.66. The number of anilines is 1. The van der Waals surface area contributed by atoms with Crippen LogP contribution in [0.1, 0.15) is 17.2 Å². The van der Waals surface area contributed by atoms with E-state index in [0.717, 1.165) is 36.4 Å². The number of carbonyl (C=O) groups is 1. The van der Waals surface area contributed by atoms with Crippen molar-refractivity contribution in [1.29, 1.82) is 0 Å². The van der Waals surface area contributed by atoms with Crippen molar-refractivity contribution in [1.82, 2.24) is 19.8 Å². The van der Waals surface area contributed by atoms with Crippen molar-refractivity contribution in [2.75, 3.05) is 38.6 Å². The fraction of sp³-hybridized carbons (Fsp3) is 0.375. The molecular formula is C24H27N5O. The van der Waals surface area contributed by atoms with Crippen molar-refractivity contribution < 1.29 is 4.79 Å². The molecule has 0 radical (unpaired) electrons. The zero-order chi connectivity index (χ0) is 20.8. The molecule has 2 fully saturated rings.